The quantitative estimate of drug-likeness (QED) is 0.335. The summed E-state index contributed by atoms with van der Waals surface area (Å²) in [5.74, 6) is 0.757. The molecule has 1 aliphatic carbocycles. The fraction of sp³-hybridized carbons (Fsp3) is 0.394. The molecule has 1 fully saturated rings. The number of rotatable bonds is 11. The van der Waals surface area contributed by atoms with Crippen LogP contribution in [-0.4, -0.2) is 64.1 Å². The molecule has 3 aromatic rings. The number of ether oxygens (including phenoxy) is 3. The van der Waals surface area contributed by atoms with E-state index in [1.54, 1.807) is 62.6 Å². The first-order chi connectivity index (χ1) is 21.3. The first kappa shape index (κ1) is 31.2. The Kier molecular flexibility index (Phi) is 9.94. The van der Waals surface area contributed by atoms with E-state index in [0.29, 0.717) is 30.5 Å². The largest absolute Gasteiger partial charge is 0.497 e. The molecule has 11 heteroatoms. The summed E-state index contributed by atoms with van der Waals surface area (Å²) in [7, 11) is -2.62. The molecule has 1 atom stereocenters. The Hall–Kier alpha value is -4.25. The molecule has 1 unspecified atom stereocenters. The molecule has 10 nitrogen and oxygen atoms in total. The molecule has 5 rings (SSSR count). The number of hydrogen-bond donors (Lipinski definition) is 1. The van der Waals surface area contributed by atoms with Gasteiger partial charge in [-0.1, -0.05) is 49.6 Å². The van der Waals surface area contributed by atoms with Crippen LogP contribution < -0.4 is 23.8 Å². The van der Waals surface area contributed by atoms with Crippen LogP contribution in [0.3, 0.4) is 0 Å². The molecule has 2 amide bonds. The zero-order chi connectivity index (χ0) is 31.1. The van der Waals surface area contributed by atoms with Crippen LogP contribution in [0.15, 0.2) is 77.7 Å². The summed E-state index contributed by atoms with van der Waals surface area (Å²) in [6.45, 7) is 1.96. The van der Waals surface area contributed by atoms with Crippen LogP contribution in [0, 0.1) is 0 Å². The highest BCUT2D eigenvalue weighted by molar-refractivity contribution is 7.92. The number of hydrogen-bond acceptors (Lipinski definition) is 7. The number of methoxy groups -OCH3 is 1. The van der Waals surface area contributed by atoms with Crippen LogP contribution in [0.25, 0.3) is 0 Å². The lowest BCUT2D eigenvalue weighted by Crippen LogP contribution is -2.53. The van der Waals surface area contributed by atoms with Crippen LogP contribution in [-0.2, 0) is 26.2 Å². The fourth-order valence-electron chi connectivity index (χ4n) is 5.51. The van der Waals surface area contributed by atoms with Crippen molar-refractivity contribution in [2.24, 2.45) is 0 Å². The molecule has 1 N–H and O–H groups in total. The third-order valence-electron chi connectivity index (χ3n) is 8.05. The Morgan fingerprint density at radius 2 is 1.61 bits per heavy atom. The molecule has 0 spiro atoms. The number of amides is 2. The molecule has 234 valence electrons. The summed E-state index contributed by atoms with van der Waals surface area (Å²) in [5.41, 5.74) is 1.02. The number of carbonyl (C=O) groups is 2. The zero-order valence-electron chi connectivity index (χ0n) is 25.1. The van der Waals surface area contributed by atoms with Crippen LogP contribution in [0.4, 0.5) is 5.69 Å². The van der Waals surface area contributed by atoms with E-state index >= 15 is 0 Å². The maximum absolute atomic E-state index is 14.2. The van der Waals surface area contributed by atoms with Gasteiger partial charge in [-0.3, -0.25) is 13.9 Å². The molecule has 0 bridgehead atoms. The number of benzene rings is 3. The van der Waals surface area contributed by atoms with E-state index in [-0.39, 0.29) is 29.1 Å². The van der Waals surface area contributed by atoms with Gasteiger partial charge >= 0.3 is 0 Å². The minimum Gasteiger partial charge on any atom is -0.497 e. The summed E-state index contributed by atoms with van der Waals surface area (Å²) in [5, 5.41) is 3.12. The highest BCUT2D eigenvalue weighted by atomic mass is 32.2. The monoisotopic (exact) mass is 621 g/mol. The van der Waals surface area contributed by atoms with Gasteiger partial charge in [-0.15, -0.1) is 0 Å². The number of carbonyl (C=O) groups excluding carboxylic acids is 2. The molecular weight excluding hydrogens is 582 g/mol. The number of sulfonamides is 1. The minimum atomic E-state index is -4.19. The van der Waals surface area contributed by atoms with Crippen LogP contribution in [0.1, 0.15) is 44.6 Å². The van der Waals surface area contributed by atoms with Gasteiger partial charge < -0.3 is 24.4 Å². The van der Waals surface area contributed by atoms with E-state index in [2.05, 4.69) is 5.32 Å². The Morgan fingerprint density at radius 3 is 2.30 bits per heavy atom. The average Bonchev–Trinajstić information content (AvgIpc) is 3.06. The summed E-state index contributed by atoms with van der Waals surface area (Å²) < 4.78 is 45.8. The Morgan fingerprint density at radius 1 is 0.932 bits per heavy atom. The summed E-state index contributed by atoms with van der Waals surface area (Å²) in [6.07, 6.45) is 5.05. The highest BCUT2D eigenvalue weighted by Crippen LogP contribution is 2.36. The van der Waals surface area contributed by atoms with Gasteiger partial charge in [-0.2, -0.15) is 0 Å². The van der Waals surface area contributed by atoms with E-state index in [0.717, 1.165) is 42.0 Å². The second-order valence-corrected chi connectivity index (χ2v) is 12.9. The Bertz CT molecular complexity index is 1540. The van der Waals surface area contributed by atoms with Gasteiger partial charge in [0, 0.05) is 18.7 Å². The first-order valence-electron chi connectivity index (χ1n) is 15.0. The molecule has 1 saturated carbocycles. The van der Waals surface area contributed by atoms with Gasteiger partial charge in [0.05, 0.1) is 17.7 Å². The number of nitrogens with zero attached hydrogens (tertiary/aromatic N) is 2. The first-order valence-corrected chi connectivity index (χ1v) is 16.4. The van der Waals surface area contributed by atoms with Gasteiger partial charge in [0.25, 0.3) is 10.0 Å². The molecule has 1 aliphatic heterocycles. The van der Waals surface area contributed by atoms with Crippen LogP contribution >= 0.6 is 0 Å². The minimum absolute atomic E-state index is 0.0347. The van der Waals surface area contributed by atoms with E-state index < -0.39 is 28.5 Å². The Balaban J connectivity index is 1.47. The van der Waals surface area contributed by atoms with Crippen molar-refractivity contribution in [3.8, 4) is 17.2 Å². The summed E-state index contributed by atoms with van der Waals surface area (Å²) in [6, 6.07) is 19.2. The highest BCUT2D eigenvalue weighted by Gasteiger charge is 2.34. The third-order valence-corrected chi connectivity index (χ3v) is 9.84. The maximum Gasteiger partial charge on any atom is 0.264 e. The smallest absolute Gasteiger partial charge is 0.264 e. The number of fused-ring (bicyclic) bond motifs is 1. The van der Waals surface area contributed by atoms with E-state index in [1.807, 2.05) is 12.1 Å². The number of anilines is 1. The topological polar surface area (TPSA) is 114 Å². The van der Waals surface area contributed by atoms with Gasteiger partial charge in [-0.25, -0.2) is 8.42 Å². The SMILES string of the molecule is COc1ccc(CN(C(=O)CN(c2ccc3c(c2)OCCO3)S(=O)(=O)c2ccccc2)C(C)C(=O)NC2CCCCC2)cc1. The van der Waals surface area contributed by atoms with Gasteiger partial charge in [-0.05, 0) is 61.7 Å². The molecule has 3 aromatic carbocycles. The van der Waals surface area contributed by atoms with Gasteiger partial charge in [0.2, 0.25) is 11.8 Å². The number of nitrogens with one attached hydrogen (secondary N) is 1. The molecule has 2 aliphatic rings. The van der Waals surface area contributed by atoms with Crippen molar-refractivity contribution in [2.75, 3.05) is 31.2 Å². The van der Waals surface area contributed by atoms with Crippen LogP contribution in [0.5, 0.6) is 17.2 Å². The predicted octanol–water partition coefficient (Wildman–Crippen LogP) is 4.53. The van der Waals surface area contributed by atoms with Crippen molar-refractivity contribution in [2.45, 2.75) is 62.6 Å². The van der Waals surface area contributed by atoms with Gasteiger partial charge in [0.1, 0.15) is 31.5 Å². The zero-order valence-corrected chi connectivity index (χ0v) is 25.9. The Labute approximate surface area is 259 Å². The van der Waals surface area contributed by atoms with Crippen molar-refractivity contribution < 1.29 is 32.2 Å². The lowest BCUT2D eigenvalue weighted by atomic mass is 9.95. The lowest BCUT2D eigenvalue weighted by molar-refractivity contribution is -0.139. The molecule has 0 saturated heterocycles. The summed E-state index contributed by atoms with van der Waals surface area (Å²) in [4.78, 5) is 29.2. The second kappa shape index (κ2) is 14.0. The van der Waals surface area contributed by atoms with E-state index in [4.69, 9.17) is 14.2 Å². The van der Waals surface area contributed by atoms with Crippen molar-refractivity contribution in [1.29, 1.82) is 0 Å². The van der Waals surface area contributed by atoms with Gasteiger partial charge in [0.15, 0.2) is 11.5 Å². The van der Waals surface area contributed by atoms with Crippen LogP contribution in [0.2, 0.25) is 0 Å². The fourth-order valence-corrected chi connectivity index (χ4v) is 6.94. The van der Waals surface area contributed by atoms with E-state index in [1.165, 1.54) is 17.0 Å². The normalized spacial score (nSPS) is 15.6. The predicted molar refractivity (Wildman–Crippen MR) is 166 cm³/mol. The molecular formula is C33H39N3O7S. The average molecular weight is 622 g/mol. The van der Waals surface area contributed by atoms with Crippen molar-refractivity contribution in [3.63, 3.8) is 0 Å². The standard InChI is InChI=1S/C33H39N3O7S/c1-24(33(38)34-26-9-5-3-6-10-26)35(22-25-13-16-28(41-2)17-14-25)32(37)23-36(44(39,40)29-11-7-4-8-12-29)27-15-18-30-31(21-27)43-20-19-42-30/h4,7-8,11-18,21,24,26H,3,5-6,9-10,19-20,22-23H2,1-2H3,(H,34,38). The summed E-state index contributed by atoms with van der Waals surface area (Å²) >= 11 is 0. The maximum atomic E-state index is 14.2. The molecule has 0 radical (unpaired) electrons. The van der Waals surface area contributed by atoms with E-state index in [9.17, 15) is 18.0 Å². The third kappa shape index (κ3) is 7.27. The lowest BCUT2D eigenvalue weighted by Gasteiger charge is -2.33. The second-order valence-electron chi connectivity index (χ2n) is 11.0. The molecule has 1 heterocycles. The van der Waals surface area contributed by atoms with Crippen molar-refractivity contribution in [3.05, 3.63) is 78.4 Å². The molecule has 44 heavy (non-hydrogen) atoms. The van der Waals surface area contributed by atoms with Crippen molar-refractivity contribution >= 4 is 27.5 Å². The van der Waals surface area contributed by atoms with Crippen molar-refractivity contribution in [1.82, 2.24) is 10.2 Å². The molecule has 0 aromatic heterocycles.